The fraction of sp³-hybridized carbons (Fsp3) is 0.429. The molecule has 98 valence electrons. The number of aryl methyl sites for hydroxylation is 2. The first-order valence-corrected chi connectivity index (χ1v) is 6.60. The monoisotopic (exact) mass is 255 g/mol. The van der Waals surface area contributed by atoms with Crippen LogP contribution in [-0.4, -0.2) is 26.5 Å². The van der Waals surface area contributed by atoms with Crippen LogP contribution in [0.15, 0.2) is 24.5 Å². The molecule has 1 aliphatic heterocycles. The molecule has 0 amide bonds. The van der Waals surface area contributed by atoms with Crippen LogP contribution in [0.2, 0.25) is 0 Å². The second-order valence-electron chi connectivity index (χ2n) is 4.87. The van der Waals surface area contributed by atoms with Gasteiger partial charge in [0.05, 0.1) is 6.04 Å². The van der Waals surface area contributed by atoms with E-state index in [9.17, 15) is 0 Å². The maximum absolute atomic E-state index is 4.56. The van der Waals surface area contributed by atoms with Crippen LogP contribution in [0.25, 0.3) is 0 Å². The summed E-state index contributed by atoms with van der Waals surface area (Å²) >= 11 is 0. The Morgan fingerprint density at radius 2 is 1.95 bits per heavy atom. The van der Waals surface area contributed by atoms with Gasteiger partial charge in [-0.1, -0.05) is 0 Å². The molecule has 1 unspecified atom stereocenters. The lowest BCUT2D eigenvalue weighted by Crippen LogP contribution is -2.25. The maximum Gasteiger partial charge on any atom is 0.150 e. The Labute approximate surface area is 112 Å². The van der Waals surface area contributed by atoms with E-state index in [4.69, 9.17) is 0 Å². The van der Waals surface area contributed by atoms with E-state index in [0.29, 0.717) is 0 Å². The largest absolute Gasteiger partial charge is 0.346 e. The van der Waals surface area contributed by atoms with Gasteiger partial charge in [0, 0.05) is 24.6 Å². The van der Waals surface area contributed by atoms with Crippen molar-refractivity contribution in [1.29, 1.82) is 0 Å². The normalized spacial score (nSPS) is 18.8. The quantitative estimate of drug-likeness (QED) is 0.823. The Hall–Kier alpha value is -2.04. The molecule has 5 heteroatoms. The number of aromatic nitrogens is 4. The molecule has 0 aromatic carbocycles. The highest BCUT2D eigenvalue weighted by Gasteiger charge is 2.29. The molecule has 3 rings (SSSR count). The minimum absolute atomic E-state index is 0.231. The van der Waals surface area contributed by atoms with Crippen molar-refractivity contribution < 1.29 is 0 Å². The van der Waals surface area contributed by atoms with E-state index in [0.717, 1.165) is 42.5 Å². The summed E-state index contributed by atoms with van der Waals surface area (Å²) in [4.78, 5) is 19.9. The topological polar surface area (TPSA) is 54.8 Å². The van der Waals surface area contributed by atoms with Gasteiger partial charge in [0.1, 0.15) is 11.6 Å². The van der Waals surface area contributed by atoms with Gasteiger partial charge in [0.15, 0.2) is 5.82 Å². The average Bonchev–Trinajstić information content (AvgIpc) is 2.88. The Bertz CT molecular complexity index is 532. The standard InChI is InChI=1S/C14H17N5/c1-10-5-7-16-14(17-10)12-4-3-9-19(12)13-6-8-15-11(2)18-13/h5-8,12H,3-4,9H2,1-2H3. The molecule has 3 heterocycles. The molecule has 1 fully saturated rings. The van der Waals surface area contributed by atoms with Crippen molar-refractivity contribution in [2.24, 2.45) is 0 Å². The van der Waals surface area contributed by atoms with E-state index in [1.54, 1.807) is 0 Å². The summed E-state index contributed by atoms with van der Waals surface area (Å²) in [5, 5.41) is 0. The third-order valence-electron chi connectivity index (χ3n) is 3.42. The summed E-state index contributed by atoms with van der Waals surface area (Å²) in [5.41, 5.74) is 1.01. The number of anilines is 1. The first kappa shape index (κ1) is 12.0. The van der Waals surface area contributed by atoms with Crippen molar-refractivity contribution in [1.82, 2.24) is 19.9 Å². The highest BCUT2D eigenvalue weighted by atomic mass is 15.3. The van der Waals surface area contributed by atoms with Crippen LogP contribution in [0.1, 0.15) is 36.2 Å². The molecule has 2 aromatic heterocycles. The zero-order valence-corrected chi connectivity index (χ0v) is 11.2. The first-order valence-electron chi connectivity index (χ1n) is 6.60. The van der Waals surface area contributed by atoms with E-state index in [1.807, 2.05) is 38.4 Å². The molecule has 0 spiro atoms. The van der Waals surface area contributed by atoms with Crippen molar-refractivity contribution in [3.05, 3.63) is 41.9 Å². The second-order valence-corrected chi connectivity index (χ2v) is 4.87. The van der Waals surface area contributed by atoms with Gasteiger partial charge in [-0.05, 0) is 38.8 Å². The van der Waals surface area contributed by atoms with E-state index < -0.39 is 0 Å². The lowest BCUT2D eigenvalue weighted by Gasteiger charge is -2.24. The van der Waals surface area contributed by atoms with Crippen molar-refractivity contribution >= 4 is 5.82 Å². The molecule has 0 aliphatic carbocycles. The molecule has 19 heavy (non-hydrogen) atoms. The molecule has 5 nitrogen and oxygen atoms in total. The second kappa shape index (κ2) is 4.91. The summed E-state index contributed by atoms with van der Waals surface area (Å²) in [6.07, 6.45) is 5.86. The summed E-state index contributed by atoms with van der Waals surface area (Å²) in [6.45, 7) is 4.91. The number of hydrogen-bond donors (Lipinski definition) is 0. The summed E-state index contributed by atoms with van der Waals surface area (Å²) in [7, 11) is 0. The van der Waals surface area contributed by atoms with Gasteiger partial charge in [-0.25, -0.2) is 19.9 Å². The Kier molecular flexibility index (Phi) is 3.11. The van der Waals surface area contributed by atoms with Crippen molar-refractivity contribution in [3.8, 4) is 0 Å². The van der Waals surface area contributed by atoms with E-state index >= 15 is 0 Å². The molecule has 1 aliphatic rings. The average molecular weight is 255 g/mol. The summed E-state index contributed by atoms with van der Waals surface area (Å²) < 4.78 is 0. The van der Waals surface area contributed by atoms with Gasteiger partial charge in [0.25, 0.3) is 0 Å². The van der Waals surface area contributed by atoms with Crippen LogP contribution in [0.4, 0.5) is 5.82 Å². The molecule has 1 saturated heterocycles. The minimum atomic E-state index is 0.231. The van der Waals surface area contributed by atoms with E-state index in [1.165, 1.54) is 0 Å². The Balaban J connectivity index is 1.93. The molecular formula is C14H17N5. The lowest BCUT2D eigenvalue weighted by atomic mass is 10.2. The lowest BCUT2D eigenvalue weighted by molar-refractivity contribution is 0.655. The smallest absolute Gasteiger partial charge is 0.150 e. The van der Waals surface area contributed by atoms with Crippen LogP contribution in [-0.2, 0) is 0 Å². The van der Waals surface area contributed by atoms with Gasteiger partial charge < -0.3 is 4.90 Å². The highest BCUT2D eigenvalue weighted by Crippen LogP contribution is 2.33. The molecule has 2 aromatic rings. The van der Waals surface area contributed by atoms with E-state index in [-0.39, 0.29) is 6.04 Å². The summed E-state index contributed by atoms with van der Waals surface area (Å²) in [5.74, 6) is 2.67. The molecule has 0 saturated carbocycles. The van der Waals surface area contributed by atoms with Gasteiger partial charge >= 0.3 is 0 Å². The van der Waals surface area contributed by atoms with Gasteiger partial charge in [-0.3, -0.25) is 0 Å². The van der Waals surface area contributed by atoms with Crippen LogP contribution >= 0.6 is 0 Å². The van der Waals surface area contributed by atoms with Gasteiger partial charge in [-0.15, -0.1) is 0 Å². The van der Waals surface area contributed by atoms with Crippen LogP contribution in [0.5, 0.6) is 0 Å². The van der Waals surface area contributed by atoms with Crippen LogP contribution < -0.4 is 4.90 Å². The Morgan fingerprint density at radius 3 is 2.74 bits per heavy atom. The SMILES string of the molecule is Cc1ccnc(C2CCCN2c2ccnc(C)n2)n1. The first-order chi connectivity index (χ1) is 9.24. The van der Waals surface area contributed by atoms with Gasteiger partial charge in [-0.2, -0.15) is 0 Å². The number of hydrogen-bond acceptors (Lipinski definition) is 5. The van der Waals surface area contributed by atoms with Crippen LogP contribution in [0, 0.1) is 13.8 Å². The summed E-state index contributed by atoms with van der Waals surface area (Å²) in [6, 6.07) is 4.12. The fourth-order valence-corrected chi connectivity index (χ4v) is 2.54. The van der Waals surface area contributed by atoms with E-state index in [2.05, 4.69) is 24.8 Å². The zero-order chi connectivity index (χ0) is 13.2. The fourth-order valence-electron chi connectivity index (χ4n) is 2.54. The zero-order valence-electron chi connectivity index (χ0n) is 11.2. The molecule has 0 radical (unpaired) electrons. The third kappa shape index (κ3) is 2.41. The third-order valence-corrected chi connectivity index (χ3v) is 3.42. The predicted octanol–water partition coefficient (Wildman–Crippen LogP) is 2.22. The molecule has 1 atom stereocenters. The molecular weight excluding hydrogens is 238 g/mol. The number of nitrogens with zero attached hydrogens (tertiary/aromatic N) is 5. The van der Waals surface area contributed by atoms with Gasteiger partial charge in [0.2, 0.25) is 0 Å². The van der Waals surface area contributed by atoms with Crippen molar-refractivity contribution in [2.45, 2.75) is 32.7 Å². The minimum Gasteiger partial charge on any atom is -0.346 e. The Morgan fingerprint density at radius 1 is 1.11 bits per heavy atom. The number of rotatable bonds is 2. The highest BCUT2D eigenvalue weighted by molar-refractivity contribution is 5.41. The van der Waals surface area contributed by atoms with Crippen molar-refractivity contribution in [2.75, 3.05) is 11.4 Å². The van der Waals surface area contributed by atoms with Crippen LogP contribution in [0.3, 0.4) is 0 Å². The molecule has 0 N–H and O–H groups in total. The van der Waals surface area contributed by atoms with Crippen molar-refractivity contribution in [3.63, 3.8) is 0 Å². The molecule has 0 bridgehead atoms. The predicted molar refractivity (Wildman–Crippen MR) is 72.9 cm³/mol. The maximum atomic E-state index is 4.56.